The summed E-state index contributed by atoms with van der Waals surface area (Å²) < 4.78 is 5.28. The molecule has 4 heteroatoms. The summed E-state index contributed by atoms with van der Waals surface area (Å²) in [4.78, 5) is 11.6. The molecule has 0 aliphatic rings. The van der Waals surface area contributed by atoms with Crippen molar-refractivity contribution in [2.24, 2.45) is 0 Å². The van der Waals surface area contributed by atoms with Crippen LogP contribution in [0.1, 0.15) is 38.7 Å². The molecule has 0 saturated carbocycles. The van der Waals surface area contributed by atoms with Crippen LogP contribution in [0, 0.1) is 0 Å². The lowest BCUT2D eigenvalue weighted by Crippen LogP contribution is -2.15. The molecule has 0 aliphatic carbocycles. The van der Waals surface area contributed by atoms with Gasteiger partial charge in [-0.1, -0.05) is 26.3 Å². The molecule has 4 nitrogen and oxygen atoms in total. The standard InChI is InChI=1S/C15H20O4/c1-3-5-12(4-2)19-15(18)9-7-11-6-8-13(16)14(17)10-11/h6-10,12,16-17H,3-5H2,1-2H3/b9-7+/t12-/m1/s1. The third-order valence-corrected chi connectivity index (χ3v) is 2.76. The van der Waals surface area contributed by atoms with Gasteiger partial charge in [0.2, 0.25) is 0 Å². The van der Waals surface area contributed by atoms with E-state index < -0.39 is 5.97 Å². The van der Waals surface area contributed by atoms with E-state index in [-0.39, 0.29) is 17.6 Å². The molecule has 0 spiro atoms. The van der Waals surface area contributed by atoms with E-state index in [0.717, 1.165) is 19.3 Å². The molecule has 0 radical (unpaired) electrons. The number of phenolic OH excluding ortho intramolecular Hbond substituents is 2. The molecular weight excluding hydrogens is 244 g/mol. The molecule has 1 aromatic carbocycles. The van der Waals surface area contributed by atoms with Crippen molar-refractivity contribution in [3.05, 3.63) is 29.8 Å². The maximum Gasteiger partial charge on any atom is 0.331 e. The fraction of sp³-hybridized carbons (Fsp3) is 0.400. The van der Waals surface area contributed by atoms with Crippen LogP contribution in [0.15, 0.2) is 24.3 Å². The Bertz CT molecular complexity index is 451. The van der Waals surface area contributed by atoms with Crippen molar-refractivity contribution in [1.82, 2.24) is 0 Å². The molecule has 0 amide bonds. The van der Waals surface area contributed by atoms with Crippen LogP contribution in [0.5, 0.6) is 11.5 Å². The van der Waals surface area contributed by atoms with Crippen LogP contribution in [0.4, 0.5) is 0 Å². The van der Waals surface area contributed by atoms with E-state index in [1.165, 1.54) is 18.2 Å². The van der Waals surface area contributed by atoms with Crippen molar-refractivity contribution in [2.75, 3.05) is 0 Å². The van der Waals surface area contributed by atoms with Crippen LogP contribution < -0.4 is 0 Å². The molecule has 0 fully saturated rings. The van der Waals surface area contributed by atoms with E-state index in [1.54, 1.807) is 12.1 Å². The highest BCUT2D eigenvalue weighted by Crippen LogP contribution is 2.25. The third kappa shape index (κ3) is 5.04. The molecule has 1 aromatic rings. The monoisotopic (exact) mass is 264 g/mol. The van der Waals surface area contributed by atoms with Crippen LogP contribution >= 0.6 is 0 Å². The average molecular weight is 264 g/mol. The Morgan fingerprint density at radius 2 is 2.05 bits per heavy atom. The lowest BCUT2D eigenvalue weighted by Gasteiger charge is -2.13. The number of phenols is 2. The second-order valence-electron chi connectivity index (χ2n) is 4.34. The fourth-order valence-electron chi connectivity index (χ4n) is 1.68. The second-order valence-corrected chi connectivity index (χ2v) is 4.34. The Balaban J connectivity index is 2.60. The molecule has 0 heterocycles. The van der Waals surface area contributed by atoms with E-state index in [2.05, 4.69) is 0 Å². The van der Waals surface area contributed by atoms with E-state index in [4.69, 9.17) is 9.84 Å². The third-order valence-electron chi connectivity index (χ3n) is 2.76. The molecular formula is C15H20O4. The van der Waals surface area contributed by atoms with Gasteiger partial charge in [0.1, 0.15) is 6.10 Å². The summed E-state index contributed by atoms with van der Waals surface area (Å²) in [6, 6.07) is 4.34. The molecule has 19 heavy (non-hydrogen) atoms. The Hall–Kier alpha value is -1.97. The molecule has 2 N–H and O–H groups in total. The van der Waals surface area contributed by atoms with E-state index in [0.29, 0.717) is 5.56 Å². The number of benzene rings is 1. The van der Waals surface area contributed by atoms with Crippen LogP contribution in [-0.2, 0) is 9.53 Å². The summed E-state index contributed by atoms with van der Waals surface area (Å²) in [5.41, 5.74) is 0.621. The number of hydrogen-bond acceptors (Lipinski definition) is 4. The predicted octanol–water partition coefficient (Wildman–Crippen LogP) is 3.23. The summed E-state index contributed by atoms with van der Waals surface area (Å²) in [5, 5.41) is 18.5. The lowest BCUT2D eigenvalue weighted by atomic mass is 10.1. The summed E-state index contributed by atoms with van der Waals surface area (Å²) in [6.07, 6.45) is 5.45. The first kappa shape index (κ1) is 15.1. The summed E-state index contributed by atoms with van der Waals surface area (Å²) in [7, 11) is 0. The van der Waals surface area contributed by atoms with Gasteiger partial charge in [-0.15, -0.1) is 0 Å². The Labute approximate surface area is 113 Å². The van der Waals surface area contributed by atoms with Crippen LogP contribution in [0.2, 0.25) is 0 Å². The Morgan fingerprint density at radius 1 is 1.32 bits per heavy atom. The zero-order valence-corrected chi connectivity index (χ0v) is 11.3. The minimum atomic E-state index is -0.395. The van der Waals surface area contributed by atoms with Gasteiger partial charge in [-0.05, 0) is 36.6 Å². The molecule has 0 aromatic heterocycles. The average Bonchev–Trinajstić information content (AvgIpc) is 2.39. The normalized spacial score (nSPS) is 12.5. The van der Waals surface area contributed by atoms with Crippen molar-refractivity contribution < 1.29 is 19.7 Å². The summed E-state index contributed by atoms with van der Waals surface area (Å²) in [5.74, 6) is -0.797. The molecule has 0 saturated heterocycles. The predicted molar refractivity (Wildman–Crippen MR) is 73.9 cm³/mol. The molecule has 0 bridgehead atoms. The van der Waals surface area contributed by atoms with Gasteiger partial charge in [0.25, 0.3) is 0 Å². The summed E-state index contributed by atoms with van der Waals surface area (Å²) >= 11 is 0. The number of rotatable bonds is 6. The minimum absolute atomic E-state index is 0.0460. The maximum atomic E-state index is 11.6. The van der Waals surface area contributed by atoms with Gasteiger partial charge in [-0.3, -0.25) is 0 Å². The maximum absolute atomic E-state index is 11.6. The lowest BCUT2D eigenvalue weighted by molar-refractivity contribution is -0.143. The Kier molecular flexibility index (Phi) is 5.93. The van der Waals surface area contributed by atoms with Crippen molar-refractivity contribution in [3.8, 4) is 11.5 Å². The number of aromatic hydroxyl groups is 2. The smallest absolute Gasteiger partial charge is 0.331 e. The molecule has 104 valence electrons. The Morgan fingerprint density at radius 3 is 2.63 bits per heavy atom. The van der Waals surface area contributed by atoms with Gasteiger partial charge >= 0.3 is 5.97 Å². The zero-order chi connectivity index (χ0) is 14.3. The van der Waals surface area contributed by atoms with Gasteiger partial charge in [0.15, 0.2) is 11.5 Å². The first-order valence-corrected chi connectivity index (χ1v) is 6.47. The van der Waals surface area contributed by atoms with Gasteiger partial charge in [0, 0.05) is 6.08 Å². The second kappa shape index (κ2) is 7.46. The van der Waals surface area contributed by atoms with Crippen molar-refractivity contribution in [3.63, 3.8) is 0 Å². The molecule has 0 aliphatic heterocycles. The molecule has 1 rings (SSSR count). The molecule has 1 atom stereocenters. The van der Waals surface area contributed by atoms with Crippen LogP contribution in [-0.4, -0.2) is 22.3 Å². The highest BCUT2D eigenvalue weighted by Gasteiger charge is 2.09. The number of carbonyl (C=O) groups excluding carboxylic acids is 1. The quantitative estimate of drug-likeness (QED) is 0.470. The first-order chi connectivity index (χ1) is 9.06. The largest absolute Gasteiger partial charge is 0.504 e. The minimum Gasteiger partial charge on any atom is -0.504 e. The highest BCUT2D eigenvalue weighted by molar-refractivity contribution is 5.87. The van der Waals surface area contributed by atoms with Crippen molar-refractivity contribution >= 4 is 12.0 Å². The zero-order valence-electron chi connectivity index (χ0n) is 11.3. The van der Waals surface area contributed by atoms with E-state index >= 15 is 0 Å². The number of ether oxygens (including phenoxy) is 1. The van der Waals surface area contributed by atoms with Gasteiger partial charge < -0.3 is 14.9 Å². The van der Waals surface area contributed by atoms with Gasteiger partial charge in [-0.2, -0.15) is 0 Å². The van der Waals surface area contributed by atoms with Gasteiger partial charge in [0.05, 0.1) is 0 Å². The number of hydrogen-bond donors (Lipinski definition) is 2. The number of esters is 1. The van der Waals surface area contributed by atoms with E-state index in [1.807, 2.05) is 13.8 Å². The van der Waals surface area contributed by atoms with Crippen molar-refractivity contribution in [1.29, 1.82) is 0 Å². The van der Waals surface area contributed by atoms with Crippen molar-refractivity contribution in [2.45, 2.75) is 39.2 Å². The van der Waals surface area contributed by atoms with Gasteiger partial charge in [-0.25, -0.2) is 4.79 Å². The van der Waals surface area contributed by atoms with Crippen LogP contribution in [0.3, 0.4) is 0 Å². The fourth-order valence-corrected chi connectivity index (χ4v) is 1.68. The first-order valence-electron chi connectivity index (χ1n) is 6.47. The SMILES string of the molecule is CCC[C@@H](CC)OC(=O)/C=C/c1ccc(O)c(O)c1. The number of carbonyl (C=O) groups is 1. The van der Waals surface area contributed by atoms with E-state index in [9.17, 15) is 9.90 Å². The highest BCUT2D eigenvalue weighted by atomic mass is 16.5. The molecule has 0 unspecified atom stereocenters. The topological polar surface area (TPSA) is 66.8 Å². The van der Waals surface area contributed by atoms with Crippen LogP contribution in [0.25, 0.3) is 6.08 Å². The summed E-state index contributed by atoms with van der Waals surface area (Å²) in [6.45, 7) is 4.03.